The quantitative estimate of drug-likeness (QED) is 0.391. The van der Waals surface area contributed by atoms with Gasteiger partial charge in [0.15, 0.2) is 0 Å². The molecule has 0 bridgehead atoms. The number of hydrogen-bond donors (Lipinski definition) is 1. The van der Waals surface area contributed by atoms with Crippen LogP contribution in [0.4, 0.5) is 0 Å². The second kappa shape index (κ2) is 7.53. The van der Waals surface area contributed by atoms with Crippen LogP contribution in [0.5, 0.6) is 0 Å². The van der Waals surface area contributed by atoms with Crippen LogP contribution in [-0.4, -0.2) is 90.0 Å². The van der Waals surface area contributed by atoms with Gasteiger partial charge >= 0.3 is 5.97 Å². The van der Waals surface area contributed by atoms with Crippen molar-refractivity contribution in [2.75, 3.05) is 46.1 Å². The Kier molecular flexibility index (Phi) is 5.24. The maximum atomic E-state index is 12.9. The molecule has 9 heteroatoms. The molecule has 0 saturated carbocycles. The van der Waals surface area contributed by atoms with E-state index in [-0.39, 0.29) is 41.4 Å². The van der Waals surface area contributed by atoms with Gasteiger partial charge in [0.2, 0.25) is 11.8 Å². The summed E-state index contributed by atoms with van der Waals surface area (Å²) in [6.07, 6.45) is 3.45. The summed E-state index contributed by atoms with van der Waals surface area (Å²) in [5.74, 6) is -0.357. The fraction of sp³-hybridized carbons (Fsp3) is 0.632. The average Bonchev–Trinajstić information content (AvgIpc) is 3.27. The first-order valence-electron chi connectivity index (χ1n) is 9.62. The number of hydrogen-bond acceptors (Lipinski definition) is 7. The van der Waals surface area contributed by atoms with E-state index in [2.05, 4.69) is 11.9 Å². The highest BCUT2D eigenvalue weighted by molar-refractivity contribution is 8.00. The summed E-state index contributed by atoms with van der Waals surface area (Å²) in [6.45, 7) is 2.87. The van der Waals surface area contributed by atoms with Crippen LogP contribution in [0.3, 0.4) is 0 Å². The van der Waals surface area contributed by atoms with Crippen molar-refractivity contribution in [2.45, 2.75) is 24.3 Å². The highest BCUT2D eigenvalue weighted by Gasteiger charge is 2.52. The molecule has 3 atom stereocenters. The molecular formula is C19H26N4O4S. The smallest absolute Gasteiger partial charge is 0.355 e. The minimum absolute atomic E-state index is 0.0407. The molecule has 2 N–H and O–H groups in total. The number of ether oxygens (including phenoxy) is 1. The van der Waals surface area contributed by atoms with E-state index < -0.39 is 5.97 Å². The third-order valence-electron chi connectivity index (χ3n) is 6.05. The molecule has 4 heterocycles. The third kappa shape index (κ3) is 3.05. The van der Waals surface area contributed by atoms with Gasteiger partial charge in [0.05, 0.1) is 18.4 Å². The number of methoxy groups -OCH3 is 1. The Balaban J connectivity index is 1.61. The van der Waals surface area contributed by atoms with E-state index in [1.54, 1.807) is 17.8 Å². The summed E-state index contributed by atoms with van der Waals surface area (Å²) in [4.78, 5) is 43.5. The van der Waals surface area contributed by atoms with E-state index in [4.69, 9.17) is 10.5 Å². The lowest BCUT2D eigenvalue weighted by molar-refractivity contribution is -0.152. The summed E-state index contributed by atoms with van der Waals surface area (Å²) in [5, 5.41) is -0.126. The largest absolute Gasteiger partial charge is 0.464 e. The number of allylic oxidation sites excluding steroid dienone is 1. The van der Waals surface area contributed by atoms with E-state index in [1.165, 1.54) is 12.0 Å². The van der Waals surface area contributed by atoms with E-state index >= 15 is 0 Å². The van der Waals surface area contributed by atoms with Gasteiger partial charge < -0.3 is 20.3 Å². The van der Waals surface area contributed by atoms with Gasteiger partial charge in [0.25, 0.3) is 0 Å². The topological polar surface area (TPSA) is 96.2 Å². The summed E-state index contributed by atoms with van der Waals surface area (Å²) in [7, 11) is 3.37. The first-order chi connectivity index (χ1) is 13.5. The lowest BCUT2D eigenvalue weighted by atomic mass is 9.95. The van der Waals surface area contributed by atoms with Crippen LogP contribution in [0.25, 0.3) is 0 Å². The summed E-state index contributed by atoms with van der Waals surface area (Å²) in [6, 6.07) is 0.254. The molecule has 3 fully saturated rings. The number of likely N-dealkylation sites (tertiary alicyclic amines) is 2. The number of likely N-dealkylation sites (N-methyl/N-ethyl adjacent to an activating group) is 1. The molecule has 4 aliphatic rings. The van der Waals surface area contributed by atoms with Crippen molar-refractivity contribution in [3.8, 4) is 0 Å². The van der Waals surface area contributed by atoms with Gasteiger partial charge in [-0.05, 0) is 38.1 Å². The predicted molar refractivity (Wildman–Crippen MR) is 105 cm³/mol. The second-order valence-electron chi connectivity index (χ2n) is 7.74. The number of rotatable bonds is 4. The Morgan fingerprint density at radius 1 is 1.36 bits per heavy atom. The van der Waals surface area contributed by atoms with Crippen molar-refractivity contribution in [3.05, 3.63) is 22.9 Å². The standard InChI is InChI=1S/C19H26N4O4S/c1-21-5-4-13(9-21)22-6-3-11(16(22)24)7-12-10-28-18-14(8-20)17(25)23(18)15(12)19(26)27-2/h7,13-14,18H,3-6,8-10,20H2,1-2H3/b11-7+/t13-,14-,18-/m1/s1. The van der Waals surface area contributed by atoms with Gasteiger partial charge in [-0.1, -0.05) is 0 Å². The van der Waals surface area contributed by atoms with Gasteiger partial charge in [-0.3, -0.25) is 14.5 Å². The zero-order valence-corrected chi connectivity index (χ0v) is 17.0. The minimum atomic E-state index is -0.541. The second-order valence-corrected chi connectivity index (χ2v) is 8.85. The number of thioether (sulfide) groups is 1. The van der Waals surface area contributed by atoms with E-state index in [0.29, 0.717) is 29.9 Å². The summed E-state index contributed by atoms with van der Waals surface area (Å²) >= 11 is 1.58. The molecule has 0 unspecified atom stereocenters. The molecule has 0 aromatic carbocycles. The molecule has 4 rings (SSSR count). The normalized spacial score (nSPS) is 32.2. The first kappa shape index (κ1) is 19.5. The fourth-order valence-corrected chi connectivity index (χ4v) is 5.88. The van der Waals surface area contributed by atoms with Crippen molar-refractivity contribution in [3.63, 3.8) is 0 Å². The number of amides is 2. The monoisotopic (exact) mass is 406 g/mol. The number of nitrogens with two attached hydrogens (primary N) is 1. The van der Waals surface area contributed by atoms with Crippen LogP contribution in [0.2, 0.25) is 0 Å². The number of carbonyl (C=O) groups is 3. The molecule has 28 heavy (non-hydrogen) atoms. The Morgan fingerprint density at radius 2 is 2.14 bits per heavy atom. The van der Waals surface area contributed by atoms with Gasteiger partial charge in [0, 0.05) is 37.0 Å². The maximum absolute atomic E-state index is 12.9. The Labute approximate surface area is 168 Å². The molecule has 2 amide bonds. The van der Waals surface area contributed by atoms with Crippen molar-refractivity contribution < 1.29 is 19.1 Å². The highest BCUT2D eigenvalue weighted by Crippen LogP contribution is 2.44. The molecule has 4 aliphatic heterocycles. The van der Waals surface area contributed by atoms with Crippen molar-refractivity contribution in [2.24, 2.45) is 11.7 Å². The molecule has 3 saturated heterocycles. The van der Waals surface area contributed by atoms with Crippen LogP contribution in [-0.2, 0) is 19.1 Å². The molecule has 0 spiro atoms. The highest BCUT2D eigenvalue weighted by atomic mass is 32.2. The maximum Gasteiger partial charge on any atom is 0.355 e. The van der Waals surface area contributed by atoms with Gasteiger partial charge in [-0.15, -0.1) is 11.8 Å². The SMILES string of the molecule is COC(=O)C1=C(/C=C2\CCN([C@@H]3CCN(C)C3)C2=O)CS[C@@H]2[C@H](CN)C(=O)N12. The zero-order valence-electron chi connectivity index (χ0n) is 16.2. The van der Waals surface area contributed by atoms with Crippen LogP contribution in [0, 0.1) is 5.92 Å². The van der Waals surface area contributed by atoms with Crippen LogP contribution >= 0.6 is 11.8 Å². The Bertz CT molecular complexity index is 780. The lowest BCUT2D eigenvalue weighted by Crippen LogP contribution is -2.63. The average molecular weight is 407 g/mol. The van der Waals surface area contributed by atoms with Gasteiger partial charge in [0.1, 0.15) is 5.70 Å². The number of β-lactam (4-membered cyclic amide) rings is 1. The fourth-order valence-electron chi connectivity index (χ4n) is 4.50. The predicted octanol–water partition coefficient (Wildman–Crippen LogP) is -0.234. The van der Waals surface area contributed by atoms with Crippen molar-refractivity contribution >= 4 is 29.5 Å². The number of carbonyl (C=O) groups excluding carboxylic acids is 3. The van der Waals surface area contributed by atoms with Gasteiger partial charge in [-0.2, -0.15) is 0 Å². The molecular weight excluding hydrogens is 380 g/mol. The van der Waals surface area contributed by atoms with Crippen molar-refractivity contribution in [1.82, 2.24) is 14.7 Å². The molecule has 0 aliphatic carbocycles. The molecule has 0 aromatic rings. The minimum Gasteiger partial charge on any atom is -0.464 e. The van der Waals surface area contributed by atoms with Crippen molar-refractivity contribution in [1.29, 1.82) is 0 Å². The molecule has 0 aromatic heterocycles. The molecule has 152 valence electrons. The molecule has 8 nitrogen and oxygen atoms in total. The summed E-state index contributed by atoms with van der Waals surface area (Å²) in [5.41, 5.74) is 7.35. The van der Waals surface area contributed by atoms with Gasteiger partial charge in [-0.25, -0.2) is 4.79 Å². The van der Waals surface area contributed by atoms with Crippen LogP contribution in [0.1, 0.15) is 12.8 Å². The van der Waals surface area contributed by atoms with Crippen LogP contribution in [0.15, 0.2) is 22.9 Å². The summed E-state index contributed by atoms with van der Waals surface area (Å²) < 4.78 is 4.93. The number of fused-ring (bicyclic) bond motifs is 1. The lowest BCUT2D eigenvalue weighted by Gasteiger charge is -2.49. The first-order valence-corrected chi connectivity index (χ1v) is 10.7. The van der Waals surface area contributed by atoms with Crippen LogP contribution < -0.4 is 5.73 Å². The zero-order chi connectivity index (χ0) is 20.0. The van der Waals surface area contributed by atoms with E-state index in [1.807, 2.05) is 4.90 Å². The Hall–Kier alpha value is -1.84. The number of esters is 1. The molecule has 0 radical (unpaired) electrons. The van der Waals surface area contributed by atoms with E-state index in [9.17, 15) is 14.4 Å². The third-order valence-corrected chi connectivity index (χ3v) is 7.41. The number of nitrogens with zero attached hydrogens (tertiary/aromatic N) is 3. The Morgan fingerprint density at radius 3 is 2.79 bits per heavy atom. The van der Waals surface area contributed by atoms with E-state index in [0.717, 1.165) is 19.5 Å².